The molecule has 2 fully saturated rings. The van der Waals surface area contributed by atoms with E-state index in [0.29, 0.717) is 0 Å². The van der Waals surface area contributed by atoms with Gasteiger partial charge in [0.05, 0.1) is 5.69 Å². The first-order valence-corrected chi connectivity index (χ1v) is 8.08. The fraction of sp³-hybridized carbons (Fsp3) is 0.643. The fourth-order valence-corrected chi connectivity index (χ4v) is 3.32. The van der Waals surface area contributed by atoms with Gasteiger partial charge in [-0.2, -0.15) is 0 Å². The Labute approximate surface area is 117 Å². The Morgan fingerprint density at radius 2 is 2.26 bits per heavy atom. The van der Waals surface area contributed by atoms with Gasteiger partial charge in [-0.15, -0.1) is 11.3 Å². The number of aromatic nitrogens is 2. The van der Waals surface area contributed by atoms with Crippen LogP contribution in [0, 0.1) is 5.92 Å². The highest BCUT2D eigenvalue weighted by atomic mass is 32.1. The highest BCUT2D eigenvalue weighted by Crippen LogP contribution is 2.32. The Kier molecular flexibility index (Phi) is 2.77. The molecule has 102 valence electrons. The molecule has 1 N–H and O–H groups in total. The summed E-state index contributed by atoms with van der Waals surface area (Å²) in [6.45, 7) is 2.09. The van der Waals surface area contributed by atoms with Crippen molar-refractivity contribution in [3.8, 4) is 0 Å². The first kappa shape index (κ1) is 11.7. The Bertz CT molecular complexity index is 579. The van der Waals surface area contributed by atoms with Gasteiger partial charge in [0.1, 0.15) is 0 Å². The van der Waals surface area contributed by atoms with Crippen LogP contribution in [-0.2, 0) is 6.54 Å². The number of thiazole rings is 1. The molecule has 2 aliphatic carbocycles. The molecule has 2 aromatic rings. The zero-order valence-electron chi connectivity index (χ0n) is 11.3. The zero-order chi connectivity index (χ0) is 12.8. The molecule has 0 spiro atoms. The topological polar surface area (TPSA) is 32.6 Å². The van der Waals surface area contributed by atoms with Crippen molar-refractivity contribution in [2.24, 2.45) is 5.92 Å². The molecule has 0 amide bonds. The smallest absolute Gasteiger partial charge is 0.195 e. The number of imidazole rings is 1. The summed E-state index contributed by atoms with van der Waals surface area (Å²) in [5.74, 6) is 2.07. The number of nitrogens with zero attached hydrogens (tertiary/aromatic N) is 3. The molecule has 0 radical (unpaired) electrons. The molecule has 2 aromatic heterocycles. The van der Waals surface area contributed by atoms with E-state index in [9.17, 15) is 0 Å². The maximum atomic E-state index is 4.82. The van der Waals surface area contributed by atoms with Gasteiger partial charge in [-0.05, 0) is 31.6 Å². The predicted molar refractivity (Wildman–Crippen MR) is 78.9 cm³/mol. The summed E-state index contributed by atoms with van der Waals surface area (Å²) in [4.78, 5) is 8.28. The third-order valence-corrected chi connectivity index (χ3v) is 4.82. The normalized spacial score (nSPS) is 19.2. The van der Waals surface area contributed by atoms with Gasteiger partial charge >= 0.3 is 0 Å². The van der Waals surface area contributed by atoms with Crippen molar-refractivity contribution < 1.29 is 0 Å². The molecule has 0 saturated heterocycles. The van der Waals surface area contributed by atoms with Crippen molar-refractivity contribution in [1.29, 1.82) is 0 Å². The van der Waals surface area contributed by atoms with Crippen LogP contribution in [0.4, 0.5) is 5.82 Å². The van der Waals surface area contributed by atoms with Gasteiger partial charge in [0.25, 0.3) is 0 Å². The van der Waals surface area contributed by atoms with Crippen molar-refractivity contribution in [3.63, 3.8) is 0 Å². The SMILES string of the molecule is CN(CC1CC1)c1nc2sccn2c1CNC1CC1. The van der Waals surface area contributed by atoms with E-state index in [1.165, 1.54) is 37.2 Å². The number of rotatable bonds is 6. The van der Waals surface area contributed by atoms with Crippen molar-refractivity contribution >= 4 is 22.1 Å². The average molecular weight is 276 g/mol. The van der Waals surface area contributed by atoms with Gasteiger partial charge in [-0.1, -0.05) is 0 Å². The van der Waals surface area contributed by atoms with Crippen molar-refractivity contribution in [3.05, 3.63) is 17.3 Å². The molecule has 2 aliphatic rings. The van der Waals surface area contributed by atoms with Gasteiger partial charge in [0.15, 0.2) is 10.8 Å². The molecule has 0 aromatic carbocycles. The Morgan fingerprint density at radius 3 is 3.00 bits per heavy atom. The Balaban J connectivity index is 1.61. The van der Waals surface area contributed by atoms with E-state index >= 15 is 0 Å². The number of fused-ring (bicyclic) bond motifs is 1. The van der Waals surface area contributed by atoms with E-state index in [1.807, 2.05) is 0 Å². The minimum atomic E-state index is 0.741. The lowest BCUT2D eigenvalue weighted by Gasteiger charge is -2.18. The molecule has 0 unspecified atom stereocenters. The van der Waals surface area contributed by atoms with E-state index in [0.717, 1.165) is 30.0 Å². The lowest BCUT2D eigenvalue weighted by atomic mass is 10.3. The summed E-state index contributed by atoms with van der Waals surface area (Å²) in [5.41, 5.74) is 1.33. The van der Waals surface area contributed by atoms with Crippen LogP contribution in [0.2, 0.25) is 0 Å². The number of anilines is 1. The van der Waals surface area contributed by atoms with Gasteiger partial charge in [-0.25, -0.2) is 4.98 Å². The molecule has 2 saturated carbocycles. The van der Waals surface area contributed by atoms with Crippen LogP contribution in [0.15, 0.2) is 11.6 Å². The van der Waals surface area contributed by atoms with Crippen LogP contribution in [-0.4, -0.2) is 29.0 Å². The highest BCUT2D eigenvalue weighted by molar-refractivity contribution is 7.15. The van der Waals surface area contributed by atoms with E-state index < -0.39 is 0 Å². The minimum absolute atomic E-state index is 0.741. The molecule has 19 heavy (non-hydrogen) atoms. The lowest BCUT2D eigenvalue weighted by Crippen LogP contribution is -2.24. The molecular formula is C14H20N4S. The second-order valence-electron chi connectivity index (χ2n) is 5.92. The third-order valence-electron chi connectivity index (χ3n) is 4.07. The van der Waals surface area contributed by atoms with Crippen LogP contribution in [0.25, 0.3) is 4.96 Å². The average Bonchev–Trinajstić information content (AvgIpc) is 3.29. The molecule has 4 rings (SSSR count). The third kappa shape index (κ3) is 2.37. The van der Waals surface area contributed by atoms with Gasteiger partial charge < -0.3 is 10.2 Å². The molecule has 2 heterocycles. The van der Waals surface area contributed by atoms with Crippen LogP contribution < -0.4 is 10.2 Å². The van der Waals surface area contributed by atoms with Gasteiger partial charge in [0, 0.05) is 37.8 Å². The van der Waals surface area contributed by atoms with Crippen LogP contribution in [0.3, 0.4) is 0 Å². The van der Waals surface area contributed by atoms with Crippen LogP contribution in [0.1, 0.15) is 31.4 Å². The van der Waals surface area contributed by atoms with Crippen molar-refractivity contribution in [1.82, 2.24) is 14.7 Å². The largest absolute Gasteiger partial charge is 0.358 e. The van der Waals surface area contributed by atoms with Crippen LogP contribution >= 0.6 is 11.3 Å². The number of hydrogen-bond donors (Lipinski definition) is 1. The highest BCUT2D eigenvalue weighted by Gasteiger charge is 2.27. The van der Waals surface area contributed by atoms with E-state index in [2.05, 4.69) is 33.2 Å². The maximum Gasteiger partial charge on any atom is 0.195 e. The van der Waals surface area contributed by atoms with Crippen molar-refractivity contribution in [2.45, 2.75) is 38.3 Å². The summed E-state index contributed by atoms with van der Waals surface area (Å²) in [6, 6.07) is 0.741. The summed E-state index contributed by atoms with van der Waals surface area (Å²) >= 11 is 1.72. The quantitative estimate of drug-likeness (QED) is 0.880. The lowest BCUT2D eigenvalue weighted by molar-refractivity contribution is 0.666. The Hall–Kier alpha value is -1.07. The summed E-state index contributed by atoms with van der Waals surface area (Å²) in [5, 5.41) is 5.74. The molecule has 0 atom stereocenters. The van der Waals surface area contributed by atoms with Crippen LogP contribution in [0.5, 0.6) is 0 Å². The maximum absolute atomic E-state index is 4.82. The second kappa shape index (κ2) is 4.49. The van der Waals surface area contributed by atoms with E-state index in [4.69, 9.17) is 4.98 Å². The molecule has 4 nitrogen and oxygen atoms in total. The second-order valence-corrected chi connectivity index (χ2v) is 6.79. The molecular weight excluding hydrogens is 256 g/mol. The monoisotopic (exact) mass is 276 g/mol. The number of hydrogen-bond acceptors (Lipinski definition) is 4. The molecule has 0 bridgehead atoms. The van der Waals surface area contributed by atoms with Gasteiger partial charge in [-0.3, -0.25) is 4.40 Å². The Morgan fingerprint density at radius 1 is 1.42 bits per heavy atom. The standard InChI is InChI=1S/C14H20N4S/c1-17(9-10-2-3-10)13-12(8-15-11-4-5-11)18-6-7-19-14(18)16-13/h6-7,10-11,15H,2-5,8-9H2,1H3. The first-order valence-electron chi connectivity index (χ1n) is 7.20. The van der Waals surface area contributed by atoms with Gasteiger partial charge in [0.2, 0.25) is 0 Å². The van der Waals surface area contributed by atoms with Crippen molar-refractivity contribution in [2.75, 3.05) is 18.5 Å². The molecule has 5 heteroatoms. The minimum Gasteiger partial charge on any atom is -0.358 e. The zero-order valence-corrected chi connectivity index (χ0v) is 12.1. The summed E-state index contributed by atoms with van der Waals surface area (Å²) in [7, 11) is 2.19. The predicted octanol–water partition coefficient (Wildman–Crippen LogP) is 2.49. The summed E-state index contributed by atoms with van der Waals surface area (Å²) < 4.78 is 2.25. The van der Waals surface area contributed by atoms with E-state index in [1.54, 1.807) is 11.3 Å². The fourth-order valence-electron chi connectivity index (χ4n) is 2.59. The first-order chi connectivity index (χ1) is 9.31. The number of nitrogens with one attached hydrogen (secondary N) is 1. The van der Waals surface area contributed by atoms with E-state index in [-0.39, 0.29) is 0 Å². The summed E-state index contributed by atoms with van der Waals surface area (Å²) in [6.07, 6.45) is 7.59. The molecule has 0 aliphatic heterocycles.